The van der Waals surface area contributed by atoms with Crippen LogP contribution < -0.4 is 10.6 Å². The molecule has 0 spiro atoms. The number of carbonyl (C=O) groups excluding carboxylic acids is 1. The molecule has 1 atom stereocenters. The molecule has 1 unspecified atom stereocenters. The number of carbonyl (C=O) groups is 1. The predicted molar refractivity (Wildman–Crippen MR) is 69.0 cm³/mol. The molecule has 0 fully saturated rings. The van der Waals surface area contributed by atoms with Gasteiger partial charge in [-0.05, 0) is 25.5 Å². The Labute approximate surface area is 102 Å². The summed E-state index contributed by atoms with van der Waals surface area (Å²) in [4.78, 5) is 11.7. The molecule has 1 aromatic carbocycles. The molecule has 17 heavy (non-hydrogen) atoms. The average molecular weight is 236 g/mol. The molecule has 1 aromatic rings. The van der Waals surface area contributed by atoms with Crippen LogP contribution in [0.2, 0.25) is 0 Å². The minimum Gasteiger partial charge on any atom is -0.395 e. The summed E-state index contributed by atoms with van der Waals surface area (Å²) >= 11 is 0. The lowest BCUT2D eigenvalue weighted by molar-refractivity contribution is -0.116. The van der Waals surface area contributed by atoms with Crippen LogP contribution in [0.3, 0.4) is 0 Å². The summed E-state index contributed by atoms with van der Waals surface area (Å²) < 4.78 is 0. The first-order chi connectivity index (χ1) is 8.13. The number of nitrogens with one attached hydrogen (secondary N) is 2. The minimum atomic E-state index is -0.0164. The van der Waals surface area contributed by atoms with E-state index in [2.05, 4.69) is 10.6 Å². The van der Waals surface area contributed by atoms with E-state index < -0.39 is 0 Å². The van der Waals surface area contributed by atoms with E-state index >= 15 is 0 Å². The van der Waals surface area contributed by atoms with Gasteiger partial charge in [0, 0.05) is 24.7 Å². The summed E-state index contributed by atoms with van der Waals surface area (Å²) in [6.45, 7) is 4.48. The van der Waals surface area contributed by atoms with Gasteiger partial charge in [0.05, 0.1) is 6.61 Å². The Morgan fingerprint density at radius 2 is 2.12 bits per heavy atom. The zero-order valence-corrected chi connectivity index (χ0v) is 10.4. The summed E-state index contributed by atoms with van der Waals surface area (Å²) in [5, 5.41) is 14.6. The lowest BCUT2D eigenvalue weighted by Crippen LogP contribution is -2.32. The summed E-state index contributed by atoms with van der Waals surface area (Å²) in [7, 11) is 0. The Morgan fingerprint density at radius 1 is 1.41 bits per heavy atom. The maximum atomic E-state index is 11.7. The van der Waals surface area contributed by atoms with Crippen molar-refractivity contribution in [3.63, 3.8) is 0 Å². The molecule has 4 heteroatoms. The third kappa shape index (κ3) is 4.97. The molecule has 3 N–H and O–H groups in total. The molecular formula is C13H20N2O2. The van der Waals surface area contributed by atoms with Crippen LogP contribution >= 0.6 is 0 Å². The van der Waals surface area contributed by atoms with Crippen LogP contribution in [-0.2, 0) is 4.79 Å². The lowest BCUT2D eigenvalue weighted by Gasteiger charge is -2.13. The van der Waals surface area contributed by atoms with Gasteiger partial charge in [-0.25, -0.2) is 0 Å². The topological polar surface area (TPSA) is 61.4 Å². The highest BCUT2D eigenvalue weighted by molar-refractivity contribution is 5.91. The van der Waals surface area contributed by atoms with Crippen LogP contribution in [0.4, 0.5) is 5.69 Å². The van der Waals surface area contributed by atoms with Gasteiger partial charge in [0.25, 0.3) is 0 Å². The maximum absolute atomic E-state index is 11.7. The van der Waals surface area contributed by atoms with Crippen molar-refractivity contribution in [2.75, 3.05) is 18.5 Å². The third-order valence-electron chi connectivity index (χ3n) is 2.52. The van der Waals surface area contributed by atoms with Gasteiger partial charge in [0.2, 0.25) is 5.91 Å². The van der Waals surface area contributed by atoms with Gasteiger partial charge < -0.3 is 15.7 Å². The molecule has 0 heterocycles. The molecule has 0 aromatic heterocycles. The fourth-order valence-corrected chi connectivity index (χ4v) is 1.58. The SMILES string of the molecule is Cc1ccccc1NC(=O)CC(C)NCCO. The number of para-hydroxylation sites is 1. The zero-order valence-electron chi connectivity index (χ0n) is 10.4. The van der Waals surface area contributed by atoms with E-state index in [1.807, 2.05) is 38.1 Å². The standard InChI is InChI=1S/C13H20N2O2/c1-10-5-3-4-6-12(10)15-13(17)9-11(2)14-7-8-16/h3-6,11,14,16H,7-9H2,1-2H3,(H,15,17). The van der Waals surface area contributed by atoms with E-state index in [1.165, 1.54) is 0 Å². The molecule has 0 saturated heterocycles. The second-order valence-corrected chi connectivity index (χ2v) is 4.15. The van der Waals surface area contributed by atoms with Crippen LogP contribution in [0, 0.1) is 6.92 Å². The van der Waals surface area contributed by atoms with Crippen LogP contribution in [-0.4, -0.2) is 30.2 Å². The minimum absolute atomic E-state index is 0.0164. The lowest BCUT2D eigenvalue weighted by atomic mass is 10.2. The summed E-state index contributed by atoms with van der Waals surface area (Å²) in [6.07, 6.45) is 0.397. The van der Waals surface area contributed by atoms with E-state index in [9.17, 15) is 4.79 Å². The molecule has 94 valence electrons. The zero-order chi connectivity index (χ0) is 12.7. The Hall–Kier alpha value is -1.39. The van der Waals surface area contributed by atoms with Crippen LogP contribution in [0.15, 0.2) is 24.3 Å². The van der Waals surface area contributed by atoms with Gasteiger partial charge in [-0.1, -0.05) is 18.2 Å². The fraction of sp³-hybridized carbons (Fsp3) is 0.462. The van der Waals surface area contributed by atoms with E-state index in [0.29, 0.717) is 13.0 Å². The molecule has 0 aliphatic heterocycles. The number of benzene rings is 1. The number of amides is 1. The summed E-state index contributed by atoms with van der Waals surface area (Å²) in [5.41, 5.74) is 1.91. The Balaban J connectivity index is 2.42. The Bertz CT molecular complexity index is 366. The Kier molecular flexibility index (Phi) is 5.66. The highest BCUT2D eigenvalue weighted by atomic mass is 16.3. The van der Waals surface area contributed by atoms with E-state index in [-0.39, 0.29) is 18.6 Å². The second-order valence-electron chi connectivity index (χ2n) is 4.15. The number of aliphatic hydroxyl groups excluding tert-OH is 1. The largest absolute Gasteiger partial charge is 0.395 e. The van der Waals surface area contributed by atoms with E-state index in [0.717, 1.165) is 11.3 Å². The van der Waals surface area contributed by atoms with Crippen molar-refractivity contribution in [1.29, 1.82) is 0 Å². The van der Waals surface area contributed by atoms with E-state index in [4.69, 9.17) is 5.11 Å². The first kappa shape index (κ1) is 13.7. The summed E-state index contributed by atoms with van der Waals surface area (Å²) in [6, 6.07) is 7.75. The second kappa shape index (κ2) is 7.04. The number of hydrogen-bond donors (Lipinski definition) is 3. The van der Waals surface area contributed by atoms with Gasteiger partial charge in [-0.15, -0.1) is 0 Å². The van der Waals surface area contributed by atoms with E-state index in [1.54, 1.807) is 0 Å². The molecule has 0 aliphatic carbocycles. The number of anilines is 1. The maximum Gasteiger partial charge on any atom is 0.225 e. The highest BCUT2D eigenvalue weighted by Crippen LogP contribution is 2.13. The highest BCUT2D eigenvalue weighted by Gasteiger charge is 2.09. The normalized spacial score (nSPS) is 12.2. The number of aliphatic hydroxyl groups is 1. The van der Waals surface area contributed by atoms with Gasteiger partial charge in [0.1, 0.15) is 0 Å². The van der Waals surface area contributed by atoms with Crippen molar-refractivity contribution >= 4 is 11.6 Å². The smallest absolute Gasteiger partial charge is 0.225 e. The van der Waals surface area contributed by atoms with Crippen LogP contribution in [0.25, 0.3) is 0 Å². The van der Waals surface area contributed by atoms with Crippen molar-refractivity contribution in [3.05, 3.63) is 29.8 Å². The Morgan fingerprint density at radius 3 is 2.76 bits per heavy atom. The number of hydrogen-bond acceptors (Lipinski definition) is 3. The van der Waals surface area contributed by atoms with Crippen molar-refractivity contribution in [3.8, 4) is 0 Å². The van der Waals surface area contributed by atoms with Gasteiger partial charge in [-0.3, -0.25) is 4.79 Å². The first-order valence-electron chi connectivity index (χ1n) is 5.83. The summed E-state index contributed by atoms with van der Waals surface area (Å²) in [5.74, 6) is -0.0164. The van der Waals surface area contributed by atoms with Crippen molar-refractivity contribution in [1.82, 2.24) is 5.32 Å². The van der Waals surface area contributed by atoms with Crippen LogP contribution in [0.5, 0.6) is 0 Å². The van der Waals surface area contributed by atoms with Crippen molar-refractivity contribution in [2.24, 2.45) is 0 Å². The molecule has 0 radical (unpaired) electrons. The van der Waals surface area contributed by atoms with Crippen molar-refractivity contribution in [2.45, 2.75) is 26.3 Å². The predicted octanol–water partition coefficient (Wildman–Crippen LogP) is 1.29. The van der Waals surface area contributed by atoms with Gasteiger partial charge in [0.15, 0.2) is 0 Å². The van der Waals surface area contributed by atoms with Crippen molar-refractivity contribution < 1.29 is 9.90 Å². The molecule has 0 saturated carbocycles. The molecule has 0 bridgehead atoms. The molecule has 0 aliphatic rings. The third-order valence-corrected chi connectivity index (χ3v) is 2.52. The first-order valence-corrected chi connectivity index (χ1v) is 5.83. The van der Waals surface area contributed by atoms with Gasteiger partial charge >= 0.3 is 0 Å². The van der Waals surface area contributed by atoms with Crippen LogP contribution in [0.1, 0.15) is 18.9 Å². The molecular weight excluding hydrogens is 216 g/mol. The number of rotatable bonds is 6. The fourth-order valence-electron chi connectivity index (χ4n) is 1.58. The van der Waals surface area contributed by atoms with Gasteiger partial charge in [-0.2, -0.15) is 0 Å². The molecule has 4 nitrogen and oxygen atoms in total. The molecule has 1 rings (SSSR count). The monoisotopic (exact) mass is 236 g/mol. The number of aryl methyl sites for hydroxylation is 1. The quantitative estimate of drug-likeness (QED) is 0.697. The average Bonchev–Trinajstić information content (AvgIpc) is 2.29. The molecule has 1 amide bonds.